The van der Waals surface area contributed by atoms with Crippen LogP contribution >= 0.6 is 0 Å². The first-order valence-corrected chi connectivity index (χ1v) is 5.06. The lowest BCUT2D eigenvalue weighted by Crippen LogP contribution is -2.00. The number of aromatic hydroxyl groups is 1. The summed E-state index contributed by atoms with van der Waals surface area (Å²) < 4.78 is 5.16. The van der Waals surface area contributed by atoms with E-state index in [1.165, 1.54) is 6.26 Å². The van der Waals surface area contributed by atoms with Crippen LogP contribution in [0.4, 0.5) is 0 Å². The number of hydrogen-bond donors (Lipinski definition) is 2. The first-order chi connectivity index (χ1) is 8.13. The number of carboxylic acids is 1. The first kappa shape index (κ1) is 11.2. The molecule has 2 rings (SSSR count). The molecule has 0 aliphatic carbocycles. The number of hydrogen-bond acceptors (Lipinski definition) is 4. The van der Waals surface area contributed by atoms with Crippen LogP contribution in [0.1, 0.15) is 17.1 Å². The van der Waals surface area contributed by atoms with Gasteiger partial charge in [-0.3, -0.25) is 4.79 Å². The predicted octanol–water partition coefficient (Wildman–Crippen LogP) is 1.60. The van der Waals surface area contributed by atoms with E-state index in [4.69, 9.17) is 14.6 Å². The third kappa shape index (κ3) is 3.07. The maximum atomic E-state index is 10.5. The maximum absolute atomic E-state index is 10.5. The molecule has 88 valence electrons. The number of rotatable bonds is 4. The summed E-state index contributed by atoms with van der Waals surface area (Å²) in [7, 11) is 0. The molecule has 0 bridgehead atoms. The van der Waals surface area contributed by atoms with Crippen molar-refractivity contribution in [2.45, 2.75) is 12.8 Å². The maximum Gasteiger partial charge on any atom is 0.309 e. The van der Waals surface area contributed by atoms with Crippen molar-refractivity contribution in [1.82, 2.24) is 4.98 Å². The van der Waals surface area contributed by atoms with E-state index in [1.54, 1.807) is 24.3 Å². The molecule has 17 heavy (non-hydrogen) atoms. The first-order valence-electron chi connectivity index (χ1n) is 5.06. The van der Waals surface area contributed by atoms with Crippen LogP contribution in [0.15, 0.2) is 34.9 Å². The number of aliphatic carboxylic acids is 1. The van der Waals surface area contributed by atoms with Crippen molar-refractivity contribution in [3.05, 3.63) is 47.7 Å². The third-order valence-electron chi connectivity index (χ3n) is 2.22. The summed E-state index contributed by atoms with van der Waals surface area (Å²) in [6.07, 6.45) is 1.68. The predicted molar refractivity (Wildman–Crippen MR) is 58.8 cm³/mol. The fraction of sp³-hybridized carbons (Fsp3) is 0.167. The third-order valence-corrected chi connectivity index (χ3v) is 2.22. The minimum absolute atomic E-state index is 0.140. The molecule has 2 aromatic rings. The molecule has 0 unspecified atom stereocenters. The highest BCUT2D eigenvalue weighted by molar-refractivity contribution is 5.69. The fourth-order valence-electron chi connectivity index (χ4n) is 1.45. The van der Waals surface area contributed by atoms with Crippen LogP contribution in [-0.2, 0) is 17.6 Å². The quantitative estimate of drug-likeness (QED) is 0.837. The highest BCUT2D eigenvalue weighted by Gasteiger charge is 2.08. The van der Waals surface area contributed by atoms with E-state index in [1.807, 2.05) is 0 Å². The monoisotopic (exact) mass is 233 g/mol. The SMILES string of the molecule is O=C(O)Cc1coc(Cc2ccc(O)cc2)n1. The van der Waals surface area contributed by atoms with Crippen molar-refractivity contribution in [2.24, 2.45) is 0 Å². The number of carbonyl (C=O) groups is 1. The van der Waals surface area contributed by atoms with Crippen molar-refractivity contribution in [3.63, 3.8) is 0 Å². The minimum atomic E-state index is -0.936. The Hall–Kier alpha value is -2.30. The Kier molecular flexibility index (Phi) is 3.09. The minimum Gasteiger partial charge on any atom is -0.508 e. The van der Waals surface area contributed by atoms with Gasteiger partial charge in [0.1, 0.15) is 12.0 Å². The summed E-state index contributed by atoms with van der Waals surface area (Å²) in [4.78, 5) is 14.5. The topological polar surface area (TPSA) is 83.6 Å². The Balaban J connectivity index is 2.06. The lowest BCUT2D eigenvalue weighted by Gasteiger charge is -1.97. The molecule has 0 radical (unpaired) electrons. The Morgan fingerprint density at radius 2 is 2.00 bits per heavy atom. The Morgan fingerprint density at radius 3 is 2.65 bits per heavy atom. The summed E-state index contributed by atoms with van der Waals surface area (Å²) in [6, 6.07) is 6.68. The molecule has 0 fully saturated rings. The van der Waals surface area contributed by atoms with Gasteiger partial charge in [-0.15, -0.1) is 0 Å². The molecule has 0 aliphatic heterocycles. The lowest BCUT2D eigenvalue weighted by atomic mass is 10.1. The molecule has 1 aromatic carbocycles. The highest BCUT2D eigenvalue weighted by Crippen LogP contribution is 2.13. The number of oxazole rings is 1. The van der Waals surface area contributed by atoms with Gasteiger partial charge in [0.2, 0.25) is 0 Å². The number of benzene rings is 1. The average Bonchev–Trinajstić information content (AvgIpc) is 2.68. The Bertz CT molecular complexity index is 516. The van der Waals surface area contributed by atoms with Gasteiger partial charge in [-0.05, 0) is 17.7 Å². The number of phenolic OH excluding ortho intramolecular Hbond substituents is 1. The van der Waals surface area contributed by atoms with Gasteiger partial charge in [0.15, 0.2) is 5.89 Å². The molecule has 0 amide bonds. The van der Waals surface area contributed by atoms with Gasteiger partial charge in [-0.1, -0.05) is 12.1 Å². The molecule has 1 aromatic heterocycles. The number of phenols is 1. The lowest BCUT2D eigenvalue weighted by molar-refractivity contribution is -0.136. The normalized spacial score (nSPS) is 10.4. The summed E-state index contributed by atoms with van der Waals surface area (Å²) in [6.45, 7) is 0. The van der Waals surface area contributed by atoms with E-state index >= 15 is 0 Å². The van der Waals surface area contributed by atoms with Gasteiger partial charge in [0, 0.05) is 6.42 Å². The summed E-state index contributed by atoms with van der Waals surface area (Å²) in [5.74, 6) is -0.269. The summed E-state index contributed by atoms with van der Waals surface area (Å²) in [5, 5.41) is 17.7. The zero-order valence-corrected chi connectivity index (χ0v) is 8.96. The summed E-state index contributed by atoms with van der Waals surface area (Å²) >= 11 is 0. The Labute approximate surface area is 97.3 Å². The van der Waals surface area contributed by atoms with Crippen molar-refractivity contribution in [3.8, 4) is 5.75 Å². The molecule has 0 saturated carbocycles. The zero-order valence-electron chi connectivity index (χ0n) is 8.96. The fourth-order valence-corrected chi connectivity index (χ4v) is 1.45. The Morgan fingerprint density at radius 1 is 1.29 bits per heavy atom. The molecule has 1 heterocycles. The molecule has 5 heteroatoms. The molecular formula is C12H11NO4. The molecule has 0 spiro atoms. The van der Waals surface area contributed by atoms with Crippen LogP contribution in [0.2, 0.25) is 0 Å². The average molecular weight is 233 g/mol. The molecule has 0 saturated heterocycles. The van der Waals surface area contributed by atoms with E-state index in [9.17, 15) is 4.79 Å². The van der Waals surface area contributed by atoms with Crippen LogP contribution in [0.25, 0.3) is 0 Å². The van der Waals surface area contributed by atoms with Gasteiger partial charge in [-0.25, -0.2) is 4.98 Å². The standard InChI is InChI=1S/C12H11NO4/c14-10-3-1-8(2-4-10)5-11-13-9(7-17-11)6-12(15)16/h1-4,7,14H,5-6H2,(H,15,16). The van der Waals surface area contributed by atoms with Crippen LogP contribution in [0.3, 0.4) is 0 Å². The van der Waals surface area contributed by atoms with E-state index in [2.05, 4.69) is 4.98 Å². The van der Waals surface area contributed by atoms with Crippen LogP contribution < -0.4 is 0 Å². The van der Waals surface area contributed by atoms with Gasteiger partial charge in [0.05, 0.1) is 12.1 Å². The van der Waals surface area contributed by atoms with Gasteiger partial charge < -0.3 is 14.6 Å². The molecule has 0 aliphatic rings. The van der Waals surface area contributed by atoms with Crippen LogP contribution in [-0.4, -0.2) is 21.2 Å². The molecular weight excluding hydrogens is 222 g/mol. The number of aromatic nitrogens is 1. The van der Waals surface area contributed by atoms with Gasteiger partial charge in [-0.2, -0.15) is 0 Å². The van der Waals surface area contributed by atoms with Crippen molar-refractivity contribution < 1.29 is 19.4 Å². The van der Waals surface area contributed by atoms with Crippen molar-refractivity contribution >= 4 is 5.97 Å². The second kappa shape index (κ2) is 4.69. The second-order valence-electron chi connectivity index (χ2n) is 3.65. The molecule has 5 nitrogen and oxygen atoms in total. The smallest absolute Gasteiger partial charge is 0.309 e. The van der Waals surface area contributed by atoms with Gasteiger partial charge in [0.25, 0.3) is 0 Å². The molecule has 2 N–H and O–H groups in total. The van der Waals surface area contributed by atoms with E-state index in [0.717, 1.165) is 5.56 Å². The van der Waals surface area contributed by atoms with Crippen LogP contribution in [0.5, 0.6) is 5.75 Å². The van der Waals surface area contributed by atoms with E-state index < -0.39 is 5.97 Å². The van der Waals surface area contributed by atoms with E-state index in [0.29, 0.717) is 18.0 Å². The number of nitrogens with zero attached hydrogens (tertiary/aromatic N) is 1. The highest BCUT2D eigenvalue weighted by atomic mass is 16.4. The second-order valence-corrected chi connectivity index (χ2v) is 3.65. The zero-order chi connectivity index (χ0) is 12.3. The largest absolute Gasteiger partial charge is 0.508 e. The number of carboxylic acid groups (broad SMARTS) is 1. The van der Waals surface area contributed by atoms with E-state index in [-0.39, 0.29) is 12.2 Å². The van der Waals surface area contributed by atoms with Gasteiger partial charge >= 0.3 is 5.97 Å². The summed E-state index contributed by atoms with van der Waals surface area (Å²) in [5.41, 5.74) is 1.35. The molecule has 0 atom stereocenters. The van der Waals surface area contributed by atoms with Crippen LogP contribution in [0, 0.1) is 0 Å². The van der Waals surface area contributed by atoms with Crippen molar-refractivity contribution in [2.75, 3.05) is 0 Å². The van der Waals surface area contributed by atoms with Crippen molar-refractivity contribution in [1.29, 1.82) is 0 Å².